The zero-order valence-electron chi connectivity index (χ0n) is 11.5. The highest BCUT2D eigenvalue weighted by Crippen LogP contribution is 2.17. The third kappa shape index (κ3) is 2.72. The van der Waals surface area contributed by atoms with Crippen molar-refractivity contribution in [3.05, 3.63) is 59.8 Å². The van der Waals surface area contributed by atoms with E-state index in [0.717, 1.165) is 22.2 Å². The summed E-state index contributed by atoms with van der Waals surface area (Å²) < 4.78 is 6.93. The van der Waals surface area contributed by atoms with Crippen LogP contribution in [-0.2, 0) is 6.54 Å². The lowest BCUT2D eigenvalue weighted by Crippen LogP contribution is -1.99. The largest absolute Gasteiger partial charge is 0.497 e. The molecule has 3 rings (SSSR count). The average molecular weight is 282 g/mol. The predicted molar refractivity (Wildman–Crippen MR) is 78.8 cm³/mol. The lowest BCUT2D eigenvalue weighted by Gasteiger charge is -2.03. The van der Waals surface area contributed by atoms with Crippen molar-refractivity contribution in [2.45, 2.75) is 6.54 Å². The van der Waals surface area contributed by atoms with Gasteiger partial charge in [0.05, 0.1) is 24.7 Å². The molecule has 5 heteroatoms. The molecule has 0 unspecified atom stereocenters. The zero-order chi connectivity index (χ0) is 14.8. The predicted octanol–water partition coefficient (Wildman–Crippen LogP) is 2.79. The van der Waals surface area contributed by atoms with Gasteiger partial charge < -0.3 is 9.84 Å². The molecule has 5 nitrogen and oxygen atoms in total. The van der Waals surface area contributed by atoms with Crippen LogP contribution in [0.15, 0.2) is 48.7 Å². The Morgan fingerprint density at radius 2 is 2.00 bits per heavy atom. The number of aromatic carboxylic acids is 1. The Morgan fingerprint density at radius 3 is 2.67 bits per heavy atom. The highest BCUT2D eigenvalue weighted by molar-refractivity contribution is 5.93. The first-order chi connectivity index (χ1) is 10.2. The molecule has 0 radical (unpaired) electrons. The fraction of sp³-hybridized carbons (Fsp3) is 0.125. The van der Waals surface area contributed by atoms with Crippen LogP contribution >= 0.6 is 0 Å². The van der Waals surface area contributed by atoms with E-state index in [2.05, 4.69) is 5.10 Å². The maximum Gasteiger partial charge on any atom is 0.335 e. The van der Waals surface area contributed by atoms with Gasteiger partial charge in [-0.3, -0.25) is 4.68 Å². The van der Waals surface area contributed by atoms with Gasteiger partial charge in [0.15, 0.2) is 0 Å². The first-order valence-corrected chi connectivity index (χ1v) is 6.49. The number of rotatable bonds is 4. The van der Waals surface area contributed by atoms with Crippen molar-refractivity contribution in [2.75, 3.05) is 7.11 Å². The molecule has 0 saturated carbocycles. The quantitative estimate of drug-likeness (QED) is 0.799. The molecule has 0 spiro atoms. The molecule has 0 aliphatic heterocycles. The van der Waals surface area contributed by atoms with Gasteiger partial charge in [-0.1, -0.05) is 12.1 Å². The number of carboxylic acids is 1. The van der Waals surface area contributed by atoms with Crippen LogP contribution in [0.3, 0.4) is 0 Å². The fourth-order valence-corrected chi connectivity index (χ4v) is 2.21. The Labute approximate surface area is 121 Å². The Balaban J connectivity index is 1.88. The lowest BCUT2D eigenvalue weighted by molar-refractivity contribution is 0.0697. The van der Waals surface area contributed by atoms with Crippen LogP contribution in [0, 0.1) is 0 Å². The third-order valence-corrected chi connectivity index (χ3v) is 3.30. The van der Waals surface area contributed by atoms with Crippen molar-refractivity contribution in [1.29, 1.82) is 0 Å². The standard InChI is InChI=1S/C16H14N2O3/c1-21-14-5-2-11(3-6-14)9-18-10-13-8-12(16(19)20)4-7-15(13)17-18/h2-8,10H,9H2,1H3,(H,19,20). The molecule has 2 aromatic carbocycles. The highest BCUT2D eigenvalue weighted by atomic mass is 16.5. The summed E-state index contributed by atoms with van der Waals surface area (Å²) in [5, 5.41) is 14.3. The van der Waals surface area contributed by atoms with Crippen LogP contribution in [0.25, 0.3) is 10.9 Å². The third-order valence-electron chi connectivity index (χ3n) is 3.30. The minimum atomic E-state index is -0.931. The van der Waals surface area contributed by atoms with Crippen molar-refractivity contribution in [2.24, 2.45) is 0 Å². The summed E-state index contributed by atoms with van der Waals surface area (Å²) in [6, 6.07) is 12.7. The van der Waals surface area contributed by atoms with Crippen molar-refractivity contribution in [3.63, 3.8) is 0 Å². The average Bonchev–Trinajstić information content (AvgIpc) is 2.89. The number of ether oxygens (including phenoxy) is 1. The van der Waals surface area contributed by atoms with Crippen LogP contribution in [0.4, 0.5) is 0 Å². The topological polar surface area (TPSA) is 64.3 Å². The van der Waals surface area contributed by atoms with E-state index in [9.17, 15) is 4.79 Å². The number of benzene rings is 2. The summed E-state index contributed by atoms with van der Waals surface area (Å²) in [5.74, 6) is -0.115. The van der Waals surface area contributed by atoms with E-state index >= 15 is 0 Å². The van der Waals surface area contributed by atoms with Gasteiger partial charge in [0.25, 0.3) is 0 Å². The molecular weight excluding hydrogens is 268 g/mol. The second-order valence-corrected chi connectivity index (χ2v) is 4.75. The highest BCUT2D eigenvalue weighted by Gasteiger charge is 2.07. The van der Waals surface area contributed by atoms with E-state index in [0.29, 0.717) is 6.54 Å². The molecule has 3 aromatic rings. The van der Waals surface area contributed by atoms with Crippen LogP contribution in [0.1, 0.15) is 15.9 Å². The van der Waals surface area contributed by atoms with Crippen molar-refractivity contribution >= 4 is 16.9 Å². The number of carbonyl (C=O) groups is 1. The van der Waals surface area contributed by atoms with E-state index in [4.69, 9.17) is 9.84 Å². The van der Waals surface area contributed by atoms with E-state index in [1.54, 1.807) is 30.0 Å². The molecule has 0 bridgehead atoms. The molecular formula is C16H14N2O3. The molecule has 0 aliphatic rings. The summed E-state index contributed by atoms with van der Waals surface area (Å²) in [6.07, 6.45) is 1.85. The molecule has 21 heavy (non-hydrogen) atoms. The lowest BCUT2D eigenvalue weighted by atomic mass is 10.2. The molecule has 1 heterocycles. The fourth-order valence-electron chi connectivity index (χ4n) is 2.21. The van der Waals surface area contributed by atoms with Gasteiger partial charge in [0.1, 0.15) is 5.75 Å². The van der Waals surface area contributed by atoms with Crippen molar-refractivity contribution in [1.82, 2.24) is 9.78 Å². The minimum Gasteiger partial charge on any atom is -0.497 e. The number of carboxylic acid groups (broad SMARTS) is 1. The smallest absolute Gasteiger partial charge is 0.335 e. The second-order valence-electron chi connectivity index (χ2n) is 4.75. The maximum absolute atomic E-state index is 11.0. The number of hydrogen-bond donors (Lipinski definition) is 1. The normalized spacial score (nSPS) is 10.7. The summed E-state index contributed by atoms with van der Waals surface area (Å²) >= 11 is 0. The van der Waals surface area contributed by atoms with E-state index < -0.39 is 5.97 Å². The van der Waals surface area contributed by atoms with Crippen LogP contribution < -0.4 is 4.74 Å². The zero-order valence-corrected chi connectivity index (χ0v) is 11.5. The van der Waals surface area contributed by atoms with Crippen molar-refractivity contribution < 1.29 is 14.6 Å². The van der Waals surface area contributed by atoms with Gasteiger partial charge in [-0.05, 0) is 35.9 Å². The molecule has 106 valence electrons. The van der Waals surface area contributed by atoms with E-state index in [1.165, 1.54) is 0 Å². The van der Waals surface area contributed by atoms with Gasteiger partial charge in [0.2, 0.25) is 0 Å². The van der Waals surface area contributed by atoms with Gasteiger partial charge in [0, 0.05) is 11.6 Å². The molecule has 0 saturated heterocycles. The van der Waals surface area contributed by atoms with E-state index in [1.807, 2.05) is 30.5 Å². The number of fused-ring (bicyclic) bond motifs is 1. The Kier molecular flexibility index (Phi) is 3.31. The molecule has 1 N–H and O–H groups in total. The maximum atomic E-state index is 11.0. The number of nitrogens with zero attached hydrogens (tertiary/aromatic N) is 2. The van der Waals surface area contributed by atoms with Gasteiger partial charge in [-0.25, -0.2) is 4.79 Å². The SMILES string of the molecule is COc1ccc(Cn2cc3cc(C(=O)O)ccc3n2)cc1. The number of hydrogen-bond acceptors (Lipinski definition) is 3. The first kappa shape index (κ1) is 13.2. The first-order valence-electron chi connectivity index (χ1n) is 6.49. The Bertz CT molecular complexity index is 791. The van der Waals surface area contributed by atoms with Crippen LogP contribution in [0.2, 0.25) is 0 Å². The number of aromatic nitrogens is 2. The summed E-state index contributed by atoms with van der Waals surface area (Å²) in [6.45, 7) is 0.626. The Hall–Kier alpha value is -2.82. The Morgan fingerprint density at radius 1 is 1.24 bits per heavy atom. The summed E-state index contributed by atoms with van der Waals surface area (Å²) in [7, 11) is 1.63. The molecule has 0 amide bonds. The molecule has 1 aromatic heterocycles. The number of methoxy groups -OCH3 is 1. The van der Waals surface area contributed by atoms with Gasteiger partial charge in [-0.15, -0.1) is 0 Å². The van der Waals surface area contributed by atoms with E-state index in [-0.39, 0.29) is 5.56 Å². The molecule has 0 fully saturated rings. The van der Waals surface area contributed by atoms with Gasteiger partial charge >= 0.3 is 5.97 Å². The minimum absolute atomic E-state index is 0.270. The molecule has 0 atom stereocenters. The van der Waals surface area contributed by atoms with Gasteiger partial charge in [-0.2, -0.15) is 5.10 Å². The monoisotopic (exact) mass is 282 g/mol. The van der Waals surface area contributed by atoms with Crippen molar-refractivity contribution in [3.8, 4) is 5.75 Å². The van der Waals surface area contributed by atoms with Crippen LogP contribution in [0.5, 0.6) is 5.75 Å². The summed E-state index contributed by atoms with van der Waals surface area (Å²) in [5.41, 5.74) is 2.15. The van der Waals surface area contributed by atoms with Crippen LogP contribution in [-0.4, -0.2) is 28.0 Å². The molecule has 0 aliphatic carbocycles. The second kappa shape index (κ2) is 5.28. The summed E-state index contributed by atoms with van der Waals surface area (Å²) in [4.78, 5) is 11.0.